The highest BCUT2D eigenvalue weighted by atomic mass is 16.5. The van der Waals surface area contributed by atoms with Crippen molar-refractivity contribution in [1.82, 2.24) is 14.9 Å². The Labute approximate surface area is 194 Å². The fraction of sp³-hybridized carbons (Fsp3) is 0.240. The van der Waals surface area contributed by atoms with Gasteiger partial charge in [0.1, 0.15) is 0 Å². The monoisotopic (exact) mass is 446 g/mol. The van der Waals surface area contributed by atoms with Gasteiger partial charge < -0.3 is 10.5 Å². The molecule has 33 heavy (non-hydrogen) atoms. The smallest absolute Gasteiger partial charge is 0.310 e. The quantitative estimate of drug-likeness (QED) is 0.263. The average molecular weight is 447 g/mol. The third-order valence-electron chi connectivity index (χ3n) is 4.82. The Kier molecular flexibility index (Phi) is 8.93. The zero-order valence-electron chi connectivity index (χ0n) is 18.8. The summed E-state index contributed by atoms with van der Waals surface area (Å²) >= 11 is 0. The number of aromatic nitrogens is 2. The van der Waals surface area contributed by atoms with E-state index in [4.69, 9.17) is 16.3 Å². The lowest BCUT2D eigenvalue weighted by atomic mass is 10.1. The second-order valence-electron chi connectivity index (χ2n) is 7.55. The van der Waals surface area contributed by atoms with Gasteiger partial charge in [-0.3, -0.25) is 24.7 Å². The van der Waals surface area contributed by atoms with Crippen molar-refractivity contribution < 1.29 is 9.53 Å². The van der Waals surface area contributed by atoms with Crippen LogP contribution in [0.2, 0.25) is 0 Å². The molecule has 8 heteroatoms. The molecule has 2 aromatic heterocycles. The summed E-state index contributed by atoms with van der Waals surface area (Å²) < 4.78 is 4.98. The van der Waals surface area contributed by atoms with Gasteiger partial charge in [0.2, 0.25) is 0 Å². The molecule has 0 aliphatic rings. The normalized spacial score (nSPS) is 11.4. The third-order valence-corrected chi connectivity index (χ3v) is 4.82. The number of nitrogens with zero attached hydrogens (tertiary/aromatic N) is 4. The van der Waals surface area contributed by atoms with Crippen molar-refractivity contribution in [2.75, 3.05) is 18.2 Å². The Morgan fingerprint density at radius 2 is 1.58 bits per heavy atom. The van der Waals surface area contributed by atoms with Gasteiger partial charge in [0, 0.05) is 43.9 Å². The van der Waals surface area contributed by atoms with E-state index in [0.29, 0.717) is 31.9 Å². The van der Waals surface area contributed by atoms with E-state index in [9.17, 15) is 4.79 Å². The number of benzene rings is 1. The fourth-order valence-electron chi connectivity index (χ4n) is 3.33. The van der Waals surface area contributed by atoms with Crippen molar-refractivity contribution in [3.05, 3.63) is 102 Å². The van der Waals surface area contributed by atoms with Crippen LogP contribution in [0.5, 0.6) is 0 Å². The fourth-order valence-corrected chi connectivity index (χ4v) is 3.33. The van der Waals surface area contributed by atoms with Crippen molar-refractivity contribution in [1.29, 1.82) is 0 Å². The van der Waals surface area contributed by atoms with Crippen LogP contribution in [0.1, 0.15) is 23.9 Å². The van der Waals surface area contributed by atoms with Gasteiger partial charge in [0.15, 0.2) is 0 Å². The van der Waals surface area contributed by atoms with Crippen molar-refractivity contribution >= 4 is 11.7 Å². The maximum atomic E-state index is 11.6. The first kappa shape index (κ1) is 23.9. The van der Waals surface area contributed by atoms with Crippen LogP contribution in [0, 0.1) is 0 Å². The van der Waals surface area contributed by atoms with Crippen LogP contribution in [0.3, 0.4) is 0 Å². The number of esters is 1. The van der Waals surface area contributed by atoms with Crippen LogP contribution in [0.25, 0.3) is 0 Å². The zero-order valence-corrected chi connectivity index (χ0v) is 18.8. The molecule has 0 unspecified atom stereocenters. The van der Waals surface area contributed by atoms with Gasteiger partial charge in [-0.2, -0.15) is 0 Å². The highest BCUT2D eigenvalue weighted by molar-refractivity contribution is 5.72. The van der Waals surface area contributed by atoms with E-state index in [1.54, 1.807) is 25.5 Å². The number of nitrogens with two attached hydrogens (primary N) is 2. The minimum atomic E-state index is -0.250. The predicted octanol–water partition coefficient (Wildman–Crippen LogP) is 2.76. The van der Waals surface area contributed by atoms with E-state index in [2.05, 4.69) is 14.9 Å². The minimum absolute atomic E-state index is 0.229. The van der Waals surface area contributed by atoms with E-state index in [0.717, 1.165) is 22.6 Å². The second-order valence-corrected chi connectivity index (χ2v) is 7.55. The summed E-state index contributed by atoms with van der Waals surface area (Å²) in [6.07, 6.45) is 5.48. The maximum absolute atomic E-state index is 11.6. The number of anilines is 1. The van der Waals surface area contributed by atoms with Gasteiger partial charge in [0.25, 0.3) is 0 Å². The molecule has 0 bridgehead atoms. The van der Waals surface area contributed by atoms with Crippen molar-refractivity contribution in [2.45, 2.75) is 26.4 Å². The number of hydrogen-bond donors (Lipinski definition) is 2. The number of rotatable bonds is 11. The van der Waals surface area contributed by atoms with Crippen LogP contribution in [-0.4, -0.2) is 34.0 Å². The number of ether oxygens (including phenoxy) is 1. The zero-order chi connectivity index (χ0) is 23.5. The van der Waals surface area contributed by atoms with Crippen LogP contribution >= 0.6 is 0 Å². The minimum Gasteiger partial charge on any atom is -0.466 e. The van der Waals surface area contributed by atoms with Gasteiger partial charge in [-0.25, -0.2) is 5.84 Å². The summed E-state index contributed by atoms with van der Waals surface area (Å²) in [4.78, 5) is 22.7. The topological polar surface area (TPSA) is 111 Å². The summed E-state index contributed by atoms with van der Waals surface area (Å²) in [6.45, 7) is 3.90. The van der Waals surface area contributed by atoms with Gasteiger partial charge in [-0.15, -0.1) is 0 Å². The Morgan fingerprint density at radius 1 is 0.970 bits per heavy atom. The molecule has 0 radical (unpaired) electrons. The lowest BCUT2D eigenvalue weighted by Gasteiger charge is -2.23. The van der Waals surface area contributed by atoms with Gasteiger partial charge in [0.05, 0.1) is 30.1 Å². The Hall–Kier alpha value is -3.75. The number of hydrogen-bond acceptors (Lipinski definition) is 8. The van der Waals surface area contributed by atoms with Crippen molar-refractivity contribution in [3.63, 3.8) is 0 Å². The summed E-state index contributed by atoms with van der Waals surface area (Å²) in [6, 6.07) is 19.1. The van der Waals surface area contributed by atoms with Crippen LogP contribution in [-0.2, 0) is 29.0 Å². The van der Waals surface area contributed by atoms with Gasteiger partial charge in [-0.05, 0) is 48.9 Å². The van der Waals surface area contributed by atoms with Crippen LogP contribution in [0.4, 0.5) is 5.69 Å². The summed E-state index contributed by atoms with van der Waals surface area (Å²) in [7, 11) is 0. The molecule has 0 atom stereocenters. The molecule has 3 aromatic rings. The summed E-state index contributed by atoms with van der Waals surface area (Å²) in [5, 5.41) is 1.48. The summed E-state index contributed by atoms with van der Waals surface area (Å²) in [5.74, 6) is 5.97. The first-order chi connectivity index (χ1) is 16.0. The Morgan fingerprint density at radius 3 is 2.09 bits per heavy atom. The predicted molar refractivity (Wildman–Crippen MR) is 128 cm³/mol. The van der Waals surface area contributed by atoms with E-state index < -0.39 is 0 Å². The highest BCUT2D eigenvalue weighted by Crippen LogP contribution is 2.15. The number of carbonyl (C=O) groups excluding carboxylic acids is 1. The molecule has 2 heterocycles. The first-order valence-corrected chi connectivity index (χ1v) is 10.8. The standard InChI is InChI=1S/C25H30N6O2/c1-2-33-25(32)15-20-9-11-24(12-10-20)31(27)17-21(26)16-30(18-22-7-3-5-13-28-22)19-23-8-4-6-14-29-23/h3-14,17H,2,15-16,18-19,26-27H2,1H3/b21-17-. The Balaban J connectivity index is 1.66. The molecule has 0 spiro atoms. The molecule has 4 N–H and O–H groups in total. The largest absolute Gasteiger partial charge is 0.466 e. The average Bonchev–Trinajstić information content (AvgIpc) is 2.81. The molecule has 0 amide bonds. The molecule has 0 saturated heterocycles. The Bertz CT molecular complexity index is 984. The molecular formula is C25H30N6O2. The molecule has 0 fully saturated rings. The first-order valence-electron chi connectivity index (χ1n) is 10.8. The molecule has 0 saturated carbocycles. The van der Waals surface area contributed by atoms with E-state index >= 15 is 0 Å². The van der Waals surface area contributed by atoms with Crippen LogP contribution < -0.4 is 16.6 Å². The second kappa shape index (κ2) is 12.3. The molecule has 8 nitrogen and oxygen atoms in total. The molecule has 0 aliphatic heterocycles. The van der Waals surface area contributed by atoms with E-state index in [-0.39, 0.29) is 12.4 Å². The van der Waals surface area contributed by atoms with Crippen LogP contribution in [0.15, 0.2) is 85.0 Å². The van der Waals surface area contributed by atoms with Gasteiger partial charge in [-0.1, -0.05) is 24.3 Å². The van der Waals surface area contributed by atoms with Crippen molar-refractivity contribution in [3.8, 4) is 0 Å². The highest BCUT2D eigenvalue weighted by Gasteiger charge is 2.11. The molecule has 1 aromatic carbocycles. The lowest BCUT2D eigenvalue weighted by molar-refractivity contribution is -0.142. The molecule has 0 aliphatic carbocycles. The number of pyridine rings is 2. The van der Waals surface area contributed by atoms with Crippen molar-refractivity contribution in [2.24, 2.45) is 11.6 Å². The molecule has 3 rings (SSSR count). The third kappa shape index (κ3) is 8.03. The molecule has 172 valence electrons. The van der Waals surface area contributed by atoms with E-state index in [1.165, 1.54) is 5.01 Å². The SMILES string of the molecule is CCOC(=O)Cc1ccc(N(N)/C=C(\N)CN(Cc2ccccn2)Cc2ccccn2)cc1. The number of hydrazine groups is 1. The van der Waals surface area contributed by atoms with Gasteiger partial charge >= 0.3 is 5.97 Å². The number of carbonyl (C=O) groups is 1. The summed E-state index contributed by atoms with van der Waals surface area (Å²) in [5.41, 5.74) is 10.5. The lowest BCUT2D eigenvalue weighted by Crippen LogP contribution is -2.31. The maximum Gasteiger partial charge on any atom is 0.310 e. The molecular weight excluding hydrogens is 416 g/mol. The van der Waals surface area contributed by atoms with E-state index in [1.807, 2.05) is 60.7 Å².